The number of aromatic nitrogens is 1. The number of aryl methyl sites for hydroxylation is 2. The standard InChI is InChI=1S/C16H22N2/c1-11(2)15-13-8-4-6-12-7-5-9-18(16(12)13)14(15)10-17-3/h4,6,8,11,17H,5,7,9-10H2,1-3H3. The van der Waals surface area contributed by atoms with Gasteiger partial charge in [0.25, 0.3) is 0 Å². The second kappa shape index (κ2) is 4.43. The van der Waals surface area contributed by atoms with Gasteiger partial charge >= 0.3 is 0 Å². The number of rotatable bonds is 3. The van der Waals surface area contributed by atoms with E-state index < -0.39 is 0 Å². The Balaban J connectivity index is 2.37. The van der Waals surface area contributed by atoms with Crippen LogP contribution in [0.3, 0.4) is 0 Å². The summed E-state index contributed by atoms with van der Waals surface area (Å²) in [5.74, 6) is 0.588. The summed E-state index contributed by atoms with van der Waals surface area (Å²) in [5.41, 5.74) is 6.07. The van der Waals surface area contributed by atoms with E-state index in [1.54, 1.807) is 5.56 Å². The van der Waals surface area contributed by atoms with Crippen LogP contribution in [0.2, 0.25) is 0 Å². The van der Waals surface area contributed by atoms with E-state index in [-0.39, 0.29) is 0 Å². The van der Waals surface area contributed by atoms with E-state index in [1.807, 2.05) is 7.05 Å². The molecular weight excluding hydrogens is 220 g/mol. The summed E-state index contributed by atoms with van der Waals surface area (Å²) in [6.07, 6.45) is 2.51. The van der Waals surface area contributed by atoms with Gasteiger partial charge in [-0.25, -0.2) is 0 Å². The molecule has 2 nitrogen and oxygen atoms in total. The van der Waals surface area contributed by atoms with Crippen molar-refractivity contribution in [3.8, 4) is 0 Å². The Morgan fingerprint density at radius 2 is 2.17 bits per heavy atom. The van der Waals surface area contributed by atoms with E-state index in [0.717, 1.165) is 6.54 Å². The highest BCUT2D eigenvalue weighted by atomic mass is 15.0. The van der Waals surface area contributed by atoms with Gasteiger partial charge in [-0.1, -0.05) is 32.0 Å². The third-order valence-electron chi connectivity index (χ3n) is 4.07. The highest BCUT2D eigenvalue weighted by Gasteiger charge is 2.22. The van der Waals surface area contributed by atoms with Crippen molar-refractivity contribution >= 4 is 10.9 Å². The number of para-hydroxylation sites is 1. The van der Waals surface area contributed by atoms with Crippen LogP contribution >= 0.6 is 0 Å². The molecule has 1 aliphatic heterocycles. The minimum absolute atomic E-state index is 0.588. The van der Waals surface area contributed by atoms with Crippen LogP contribution in [-0.2, 0) is 19.5 Å². The number of hydrogen-bond donors (Lipinski definition) is 1. The van der Waals surface area contributed by atoms with Crippen molar-refractivity contribution in [2.24, 2.45) is 0 Å². The molecule has 0 atom stereocenters. The highest BCUT2D eigenvalue weighted by Crippen LogP contribution is 2.36. The van der Waals surface area contributed by atoms with Crippen molar-refractivity contribution in [2.45, 2.75) is 45.7 Å². The normalized spacial score (nSPS) is 14.7. The number of nitrogens with one attached hydrogen (secondary N) is 1. The smallest absolute Gasteiger partial charge is 0.0518 e. The lowest BCUT2D eigenvalue weighted by atomic mass is 9.97. The maximum Gasteiger partial charge on any atom is 0.0518 e. The lowest BCUT2D eigenvalue weighted by Crippen LogP contribution is -2.16. The van der Waals surface area contributed by atoms with Crippen LogP contribution < -0.4 is 5.32 Å². The first-order valence-electron chi connectivity index (χ1n) is 7.01. The summed E-state index contributed by atoms with van der Waals surface area (Å²) in [4.78, 5) is 0. The molecule has 0 bridgehead atoms. The fraction of sp³-hybridized carbons (Fsp3) is 0.500. The van der Waals surface area contributed by atoms with Gasteiger partial charge in [-0.3, -0.25) is 0 Å². The molecule has 1 aliphatic rings. The summed E-state index contributed by atoms with van der Waals surface area (Å²) in [6.45, 7) is 6.77. The topological polar surface area (TPSA) is 17.0 Å². The molecule has 0 amide bonds. The van der Waals surface area contributed by atoms with Gasteiger partial charge in [0.2, 0.25) is 0 Å². The predicted octanol–water partition coefficient (Wildman–Crippen LogP) is 3.43. The Labute approximate surface area is 109 Å². The van der Waals surface area contributed by atoms with Gasteiger partial charge in [-0.15, -0.1) is 0 Å². The summed E-state index contributed by atoms with van der Waals surface area (Å²) >= 11 is 0. The molecule has 0 unspecified atom stereocenters. The van der Waals surface area contributed by atoms with Crippen molar-refractivity contribution < 1.29 is 0 Å². The molecule has 0 saturated carbocycles. The van der Waals surface area contributed by atoms with Gasteiger partial charge in [0, 0.05) is 24.2 Å². The number of nitrogens with zero attached hydrogens (tertiary/aromatic N) is 1. The lowest BCUT2D eigenvalue weighted by Gasteiger charge is -2.18. The zero-order valence-electron chi connectivity index (χ0n) is 11.6. The van der Waals surface area contributed by atoms with E-state index >= 15 is 0 Å². The minimum Gasteiger partial charge on any atom is -0.343 e. The Morgan fingerprint density at radius 3 is 2.89 bits per heavy atom. The Morgan fingerprint density at radius 1 is 1.33 bits per heavy atom. The summed E-state index contributed by atoms with van der Waals surface area (Å²) in [5, 5.41) is 4.82. The summed E-state index contributed by atoms with van der Waals surface area (Å²) < 4.78 is 2.56. The second-order valence-corrected chi connectivity index (χ2v) is 5.61. The van der Waals surface area contributed by atoms with E-state index in [9.17, 15) is 0 Å². The first-order valence-corrected chi connectivity index (χ1v) is 7.01. The van der Waals surface area contributed by atoms with Gasteiger partial charge in [0.15, 0.2) is 0 Å². The number of benzene rings is 1. The SMILES string of the molecule is CNCc1c(C(C)C)c2cccc3c2n1CCC3. The van der Waals surface area contributed by atoms with E-state index in [4.69, 9.17) is 0 Å². The van der Waals surface area contributed by atoms with E-state index in [2.05, 4.69) is 41.9 Å². The van der Waals surface area contributed by atoms with Crippen LogP contribution in [0.5, 0.6) is 0 Å². The van der Waals surface area contributed by atoms with Gasteiger partial charge in [0.1, 0.15) is 0 Å². The predicted molar refractivity (Wildman–Crippen MR) is 77.1 cm³/mol. The lowest BCUT2D eigenvalue weighted by molar-refractivity contribution is 0.592. The van der Waals surface area contributed by atoms with Crippen LogP contribution in [0.15, 0.2) is 18.2 Å². The summed E-state index contributed by atoms with van der Waals surface area (Å²) in [6, 6.07) is 6.82. The molecule has 2 aromatic rings. The molecule has 2 heteroatoms. The molecule has 2 heterocycles. The van der Waals surface area contributed by atoms with E-state index in [1.165, 1.54) is 41.5 Å². The third-order valence-corrected chi connectivity index (χ3v) is 4.07. The Bertz CT molecular complexity index is 578. The maximum absolute atomic E-state index is 3.34. The molecule has 1 aromatic heterocycles. The average Bonchev–Trinajstić information content (AvgIpc) is 2.67. The maximum atomic E-state index is 3.34. The molecule has 0 saturated heterocycles. The van der Waals surface area contributed by atoms with Crippen molar-refractivity contribution in [1.82, 2.24) is 9.88 Å². The highest BCUT2D eigenvalue weighted by molar-refractivity contribution is 5.89. The van der Waals surface area contributed by atoms with Crippen molar-refractivity contribution in [3.05, 3.63) is 35.0 Å². The molecule has 0 spiro atoms. The zero-order chi connectivity index (χ0) is 12.7. The van der Waals surface area contributed by atoms with Crippen LogP contribution in [-0.4, -0.2) is 11.6 Å². The van der Waals surface area contributed by atoms with Gasteiger partial charge in [-0.2, -0.15) is 0 Å². The van der Waals surface area contributed by atoms with Crippen LogP contribution in [0.1, 0.15) is 43.0 Å². The van der Waals surface area contributed by atoms with Crippen molar-refractivity contribution in [3.63, 3.8) is 0 Å². The van der Waals surface area contributed by atoms with Crippen LogP contribution in [0, 0.1) is 0 Å². The molecule has 96 valence electrons. The van der Waals surface area contributed by atoms with Gasteiger partial charge < -0.3 is 9.88 Å². The average molecular weight is 242 g/mol. The third kappa shape index (κ3) is 1.59. The quantitative estimate of drug-likeness (QED) is 0.872. The molecule has 0 radical (unpaired) electrons. The zero-order valence-corrected chi connectivity index (χ0v) is 11.6. The molecular formula is C16H22N2. The molecule has 3 rings (SSSR count). The Kier molecular flexibility index (Phi) is 2.90. The van der Waals surface area contributed by atoms with Crippen molar-refractivity contribution in [1.29, 1.82) is 0 Å². The summed E-state index contributed by atoms with van der Waals surface area (Å²) in [7, 11) is 2.04. The minimum atomic E-state index is 0.588. The number of hydrogen-bond acceptors (Lipinski definition) is 1. The molecule has 1 aromatic carbocycles. The van der Waals surface area contributed by atoms with Crippen molar-refractivity contribution in [2.75, 3.05) is 7.05 Å². The van der Waals surface area contributed by atoms with Crippen LogP contribution in [0.4, 0.5) is 0 Å². The van der Waals surface area contributed by atoms with Gasteiger partial charge in [0.05, 0.1) is 5.52 Å². The fourth-order valence-electron chi connectivity index (χ4n) is 3.44. The van der Waals surface area contributed by atoms with Gasteiger partial charge in [-0.05, 0) is 36.9 Å². The molecule has 0 fully saturated rings. The molecule has 0 aliphatic carbocycles. The van der Waals surface area contributed by atoms with Crippen LogP contribution in [0.25, 0.3) is 10.9 Å². The van der Waals surface area contributed by atoms with E-state index in [0.29, 0.717) is 5.92 Å². The first-order chi connectivity index (χ1) is 8.74. The largest absolute Gasteiger partial charge is 0.343 e. The Hall–Kier alpha value is -1.28. The fourth-order valence-corrected chi connectivity index (χ4v) is 3.44. The monoisotopic (exact) mass is 242 g/mol. The molecule has 18 heavy (non-hydrogen) atoms. The molecule has 1 N–H and O–H groups in total. The first kappa shape index (κ1) is 11.8. The second-order valence-electron chi connectivity index (χ2n) is 5.61.